The van der Waals surface area contributed by atoms with Gasteiger partial charge in [0, 0.05) is 13.1 Å². The third kappa shape index (κ3) is 4.11. The van der Waals surface area contributed by atoms with Gasteiger partial charge in [-0.25, -0.2) is 8.42 Å². The van der Waals surface area contributed by atoms with Crippen molar-refractivity contribution in [3.05, 3.63) is 53.6 Å². The van der Waals surface area contributed by atoms with Gasteiger partial charge >= 0.3 is 6.18 Å². The number of ether oxygens (including phenoxy) is 1. The molecular formula is C18H17F3N4O4S. The van der Waals surface area contributed by atoms with E-state index in [9.17, 15) is 21.6 Å². The average Bonchev–Trinajstić information content (AvgIpc) is 3.15. The van der Waals surface area contributed by atoms with Gasteiger partial charge in [0.15, 0.2) is 0 Å². The van der Waals surface area contributed by atoms with E-state index in [2.05, 4.69) is 10.3 Å². The van der Waals surface area contributed by atoms with E-state index in [1.54, 1.807) is 0 Å². The van der Waals surface area contributed by atoms with Gasteiger partial charge in [-0.3, -0.25) is 0 Å². The topological polar surface area (TPSA) is 86.5 Å². The second kappa shape index (κ2) is 7.85. The number of alkyl halides is 3. The zero-order valence-electron chi connectivity index (χ0n) is 15.5. The maximum absolute atomic E-state index is 12.9. The maximum Gasteiger partial charge on any atom is 0.416 e. The quantitative estimate of drug-likeness (QED) is 0.602. The Hall–Kier alpha value is -2.70. The Balaban J connectivity index is 1.58. The number of aromatic nitrogens is 3. The Morgan fingerprint density at radius 2 is 1.87 bits per heavy atom. The van der Waals surface area contributed by atoms with E-state index < -0.39 is 21.8 Å². The van der Waals surface area contributed by atoms with Crippen molar-refractivity contribution in [2.75, 3.05) is 26.3 Å². The van der Waals surface area contributed by atoms with Crippen LogP contribution in [0.3, 0.4) is 0 Å². The van der Waals surface area contributed by atoms with Crippen LogP contribution in [-0.4, -0.2) is 54.2 Å². The first-order valence-corrected chi connectivity index (χ1v) is 10.4. The second-order valence-corrected chi connectivity index (χ2v) is 8.54. The Bertz CT molecular complexity index is 1160. The van der Waals surface area contributed by atoms with Gasteiger partial charge < -0.3 is 9.57 Å². The number of halogens is 3. The fourth-order valence-electron chi connectivity index (χ4n) is 3.04. The third-order valence-corrected chi connectivity index (χ3v) is 6.50. The lowest BCUT2D eigenvalue weighted by molar-refractivity contribution is -0.137. The summed E-state index contributed by atoms with van der Waals surface area (Å²) in [6.07, 6.45) is -4.46. The minimum atomic E-state index is -4.46. The zero-order chi connectivity index (χ0) is 21.4. The highest BCUT2D eigenvalue weighted by Gasteiger charge is 2.30. The number of fused-ring (bicyclic) bond motifs is 1. The van der Waals surface area contributed by atoms with E-state index in [1.165, 1.54) is 34.6 Å². The summed E-state index contributed by atoms with van der Waals surface area (Å²) >= 11 is 0. The van der Waals surface area contributed by atoms with Crippen LogP contribution >= 0.6 is 0 Å². The van der Waals surface area contributed by atoms with Gasteiger partial charge in [0.2, 0.25) is 10.0 Å². The molecule has 0 saturated carbocycles. The second-order valence-electron chi connectivity index (χ2n) is 6.60. The Morgan fingerprint density at radius 1 is 1.10 bits per heavy atom. The van der Waals surface area contributed by atoms with Gasteiger partial charge in [-0.15, -0.1) is 5.10 Å². The molecule has 30 heavy (non-hydrogen) atoms. The molecule has 0 radical (unpaired) electrons. The molecule has 2 heterocycles. The smallest absolute Gasteiger partial charge is 0.390 e. The van der Waals surface area contributed by atoms with Crippen LogP contribution in [0.2, 0.25) is 0 Å². The van der Waals surface area contributed by atoms with Crippen LogP contribution in [0, 0.1) is 0 Å². The molecule has 3 aromatic rings. The molecule has 0 N–H and O–H groups in total. The van der Waals surface area contributed by atoms with Crippen molar-refractivity contribution in [2.24, 2.45) is 0 Å². The van der Waals surface area contributed by atoms with E-state index in [4.69, 9.17) is 9.57 Å². The van der Waals surface area contributed by atoms with E-state index in [1.807, 2.05) is 0 Å². The average molecular weight is 442 g/mol. The molecule has 2 aromatic carbocycles. The fraction of sp³-hybridized carbons (Fsp3) is 0.333. The highest BCUT2D eigenvalue weighted by atomic mass is 32.2. The van der Waals surface area contributed by atoms with Crippen LogP contribution in [0.1, 0.15) is 11.1 Å². The first-order valence-electron chi connectivity index (χ1n) is 8.98. The van der Waals surface area contributed by atoms with Crippen molar-refractivity contribution >= 4 is 21.1 Å². The van der Waals surface area contributed by atoms with Crippen molar-refractivity contribution < 1.29 is 31.2 Å². The molecule has 0 spiro atoms. The predicted octanol–water partition coefficient (Wildman–Crippen LogP) is 2.10. The lowest BCUT2D eigenvalue weighted by Crippen LogP contribution is -2.40. The lowest BCUT2D eigenvalue weighted by Gasteiger charge is -2.26. The highest BCUT2D eigenvalue weighted by molar-refractivity contribution is 7.89. The molecule has 1 fully saturated rings. The number of benzene rings is 2. The Morgan fingerprint density at radius 3 is 2.60 bits per heavy atom. The SMILES string of the molecule is O=S(=O)(c1ccc2nnn(OCc3cccc(C(F)(F)F)c3)c2c1)N1CCOCC1. The van der Waals surface area contributed by atoms with E-state index in [-0.39, 0.29) is 35.7 Å². The molecule has 1 aliphatic rings. The first kappa shape index (κ1) is 20.6. The lowest BCUT2D eigenvalue weighted by atomic mass is 10.1. The number of morpholine rings is 1. The normalized spacial score (nSPS) is 16.1. The molecule has 0 unspecified atom stereocenters. The number of sulfonamides is 1. The van der Waals surface area contributed by atoms with Gasteiger partial charge in [0.05, 0.1) is 23.7 Å². The fourth-order valence-corrected chi connectivity index (χ4v) is 4.47. The largest absolute Gasteiger partial charge is 0.416 e. The minimum Gasteiger partial charge on any atom is -0.390 e. The van der Waals surface area contributed by atoms with Gasteiger partial charge in [0.1, 0.15) is 17.6 Å². The molecule has 4 rings (SSSR count). The summed E-state index contributed by atoms with van der Waals surface area (Å²) in [6.45, 7) is 0.943. The molecule has 0 amide bonds. The van der Waals surface area contributed by atoms with Crippen LogP contribution in [0.25, 0.3) is 11.0 Å². The summed E-state index contributed by atoms with van der Waals surface area (Å²) < 4.78 is 70.8. The van der Waals surface area contributed by atoms with Gasteiger partial charge in [-0.05, 0) is 41.1 Å². The van der Waals surface area contributed by atoms with Gasteiger partial charge in [0.25, 0.3) is 0 Å². The van der Waals surface area contributed by atoms with Crippen molar-refractivity contribution in [1.29, 1.82) is 0 Å². The zero-order valence-corrected chi connectivity index (χ0v) is 16.4. The highest BCUT2D eigenvalue weighted by Crippen LogP contribution is 2.29. The number of nitrogens with zero attached hydrogens (tertiary/aromatic N) is 4. The molecule has 160 valence electrons. The van der Waals surface area contributed by atoms with Crippen LogP contribution in [0.5, 0.6) is 0 Å². The molecule has 0 aliphatic carbocycles. The summed E-state index contributed by atoms with van der Waals surface area (Å²) in [6, 6.07) is 9.03. The van der Waals surface area contributed by atoms with Crippen LogP contribution in [0.4, 0.5) is 13.2 Å². The molecule has 12 heteroatoms. The summed E-state index contributed by atoms with van der Waals surface area (Å²) in [4.78, 5) is 6.53. The predicted molar refractivity (Wildman–Crippen MR) is 98.8 cm³/mol. The monoisotopic (exact) mass is 442 g/mol. The third-order valence-electron chi connectivity index (χ3n) is 4.60. The van der Waals surface area contributed by atoms with E-state index in [0.29, 0.717) is 18.7 Å². The Kier molecular flexibility index (Phi) is 5.38. The number of hydrogen-bond acceptors (Lipinski definition) is 6. The summed E-state index contributed by atoms with van der Waals surface area (Å²) in [5.74, 6) is 0. The van der Waals surface area contributed by atoms with Crippen LogP contribution < -0.4 is 4.84 Å². The molecule has 8 nitrogen and oxygen atoms in total. The molecule has 0 bridgehead atoms. The number of rotatable bonds is 5. The van der Waals surface area contributed by atoms with Crippen molar-refractivity contribution in [3.63, 3.8) is 0 Å². The molecule has 1 aliphatic heterocycles. The van der Waals surface area contributed by atoms with E-state index in [0.717, 1.165) is 17.0 Å². The standard InChI is InChI=1S/C18H17F3N4O4S/c19-18(20,21)14-3-1-2-13(10-14)12-29-25-17-11-15(4-5-16(17)22-23-25)30(26,27)24-6-8-28-9-7-24/h1-5,10-11H,6-9,12H2. The van der Waals surface area contributed by atoms with Crippen molar-refractivity contribution in [3.8, 4) is 0 Å². The van der Waals surface area contributed by atoms with Crippen LogP contribution in [-0.2, 0) is 27.5 Å². The summed E-state index contributed by atoms with van der Waals surface area (Å²) in [5.41, 5.74) is 0.174. The molecule has 1 saturated heterocycles. The minimum absolute atomic E-state index is 0.0446. The van der Waals surface area contributed by atoms with E-state index >= 15 is 0 Å². The molecular weight excluding hydrogens is 425 g/mol. The van der Waals surface area contributed by atoms with Gasteiger partial charge in [-0.2, -0.15) is 17.5 Å². The summed E-state index contributed by atoms with van der Waals surface area (Å²) in [5, 5.41) is 7.71. The molecule has 1 aromatic heterocycles. The van der Waals surface area contributed by atoms with Crippen molar-refractivity contribution in [2.45, 2.75) is 17.7 Å². The van der Waals surface area contributed by atoms with Gasteiger partial charge in [-0.1, -0.05) is 17.0 Å². The summed E-state index contributed by atoms with van der Waals surface area (Å²) in [7, 11) is -3.73. The molecule has 0 atom stereocenters. The maximum atomic E-state index is 12.9. The first-order chi connectivity index (χ1) is 14.2. The Labute approximate surface area is 169 Å². The van der Waals surface area contributed by atoms with Crippen LogP contribution in [0.15, 0.2) is 47.4 Å². The number of hydrogen-bond donors (Lipinski definition) is 0. The van der Waals surface area contributed by atoms with Crippen molar-refractivity contribution in [1.82, 2.24) is 19.5 Å².